The van der Waals surface area contributed by atoms with Gasteiger partial charge in [-0.25, -0.2) is 9.59 Å². The summed E-state index contributed by atoms with van der Waals surface area (Å²) in [6.07, 6.45) is 2.59. The lowest BCUT2D eigenvalue weighted by atomic mass is 10.1. The van der Waals surface area contributed by atoms with E-state index in [1.54, 1.807) is 0 Å². The zero-order valence-corrected chi connectivity index (χ0v) is 22.2. The molecule has 1 aromatic carbocycles. The monoisotopic (exact) mass is 571 g/mol. The summed E-state index contributed by atoms with van der Waals surface area (Å²) in [6, 6.07) is 3.90. The first-order valence-electron chi connectivity index (χ1n) is 11.2. The molecule has 206 valence electrons. The number of β-lactam (4-membered cyclic amide) rings is 1. The van der Waals surface area contributed by atoms with Crippen molar-refractivity contribution in [1.29, 1.82) is 0 Å². The third-order valence-electron chi connectivity index (χ3n) is 5.31. The number of nitrogens with zero attached hydrogens (tertiary/aromatic N) is 2. The predicted molar refractivity (Wildman–Crippen MR) is 131 cm³/mol. The number of hydrogen-bond donors (Lipinski definition) is 1. The second kappa shape index (κ2) is 11.8. The normalized spacial score (nSPS) is 19.6. The Balaban J connectivity index is 1.86. The Hall–Kier alpha value is -3.66. The lowest BCUT2D eigenvalue weighted by Gasteiger charge is -2.46. The minimum atomic E-state index is -4.14. The van der Waals surface area contributed by atoms with Gasteiger partial charge in [0.05, 0.1) is 17.8 Å². The highest BCUT2D eigenvalue weighted by Gasteiger charge is 2.54. The van der Waals surface area contributed by atoms with Crippen LogP contribution in [0, 0.1) is 16.0 Å². The molecule has 0 radical (unpaired) electrons. The van der Waals surface area contributed by atoms with Crippen LogP contribution in [0.25, 0.3) is 0 Å². The SMILES string of the molecule is CC(=O)NC1C(=O)N(C(C(=O)OCc2ccc([N+](=O)[O-])cc2)=C(C)OS(C)(=O)=O)C1SC(=O)OCC1CC1. The van der Waals surface area contributed by atoms with Gasteiger partial charge in [0.1, 0.15) is 23.8 Å². The minimum Gasteiger partial charge on any atom is -0.457 e. The average molecular weight is 572 g/mol. The maximum atomic E-state index is 13.1. The standard InChI is InChI=1S/C22H25N3O11S2/c1-12(36-38(3,32)33)18(21(28)34-10-15-6-8-16(9-7-15)25(30)31)24-19(27)17(23-13(2)26)20(24)37-22(29)35-11-14-4-5-14/h6-9,14,17,20H,4-5,10-11H2,1-3H3,(H,23,26). The number of nitro benzene ring substituents is 1. The van der Waals surface area contributed by atoms with Gasteiger partial charge in [0.15, 0.2) is 5.70 Å². The quantitative estimate of drug-likeness (QED) is 0.0772. The molecule has 1 saturated heterocycles. The lowest BCUT2D eigenvalue weighted by molar-refractivity contribution is -0.384. The van der Waals surface area contributed by atoms with Crippen LogP contribution in [0.2, 0.25) is 0 Å². The highest BCUT2D eigenvalue weighted by Crippen LogP contribution is 2.37. The molecule has 1 aromatic rings. The third kappa shape index (κ3) is 7.67. The minimum absolute atomic E-state index is 0.179. The van der Waals surface area contributed by atoms with Gasteiger partial charge in [0.2, 0.25) is 5.91 Å². The van der Waals surface area contributed by atoms with E-state index in [2.05, 4.69) is 5.32 Å². The van der Waals surface area contributed by atoms with E-state index in [0.717, 1.165) is 37.8 Å². The molecule has 2 unspecified atom stereocenters. The van der Waals surface area contributed by atoms with Crippen LogP contribution in [0.5, 0.6) is 0 Å². The Kier molecular flexibility index (Phi) is 8.98. The fourth-order valence-corrected chi connectivity index (χ4v) is 4.89. The van der Waals surface area contributed by atoms with Gasteiger partial charge < -0.3 is 19.0 Å². The number of likely N-dealkylation sites (tertiary alicyclic amines) is 1. The molecule has 1 N–H and O–H groups in total. The van der Waals surface area contributed by atoms with Crippen LogP contribution in [-0.2, 0) is 44.8 Å². The number of hydrogen-bond acceptors (Lipinski definition) is 12. The van der Waals surface area contributed by atoms with E-state index in [-0.39, 0.29) is 24.8 Å². The number of ether oxygens (including phenoxy) is 2. The van der Waals surface area contributed by atoms with Gasteiger partial charge in [-0.1, -0.05) is 0 Å². The third-order valence-corrected chi connectivity index (χ3v) is 6.90. The average Bonchev–Trinajstić information content (AvgIpc) is 3.65. The van der Waals surface area contributed by atoms with Crippen molar-refractivity contribution in [2.24, 2.45) is 5.92 Å². The summed E-state index contributed by atoms with van der Waals surface area (Å²) in [5.74, 6) is -2.80. The number of allylic oxidation sites excluding steroid dienone is 1. The van der Waals surface area contributed by atoms with E-state index >= 15 is 0 Å². The molecule has 2 atom stereocenters. The van der Waals surface area contributed by atoms with Crippen molar-refractivity contribution in [3.63, 3.8) is 0 Å². The van der Waals surface area contributed by atoms with E-state index in [9.17, 15) is 37.7 Å². The van der Waals surface area contributed by atoms with Crippen LogP contribution in [0.4, 0.5) is 10.5 Å². The second-order valence-electron chi connectivity index (χ2n) is 8.59. The number of non-ortho nitro benzene ring substituents is 1. The van der Waals surface area contributed by atoms with Crippen molar-refractivity contribution in [1.82, 2.24) is 10.2 Å². The van der Waals surface area contributed by atoms with Crippen molar-refractivity contribution >= 4 is 50.7 Å². The fourth-order valence-electron chi connectivity index (χ4n) is 3.39. The van der Waals surface area contributed by atoms with Gasteiger partial charge in [0.25, 0.3) is 11.6 Å². The number of nitro groups is 1. The van der Waals surface area contributed by atoms with E-state index in [1.165, 1.54) is 24.3 Å². The molecule has 0 spiro atoms. The number of esters is 1. The smallest absolute Gasteiger partial charge is 0.369 e. The van der Waals surface area contributed by atoms with Crippen molar-refractivity contribution < 1.29 is 46.2 Å². The molecule has 0 aromatic heterocycles. The Bertz CT molecular complexity index is 1270. The largest absolute Gasteiger partial charge is 0.457 e. The van der Waals surface area contributed by atoms with Gasteiger partial charge in [-0.3, -0.25) is 24.6 Å². The van der Waals surface area contributed by atoms with Crippen molar-refractivity contribution in [2.45, 2.75) is 44.7 Å². The summed E-state index contributed by atoms with van der Waals surface area (Å²) >= 11 is 0.536. The van der Waals surface area contributed by atoms with Gasteiger partial charge >= 0.3 is 21.4 Å². The number of nitrogens with one attached hydrogen (secondary N) is 1. The molecular weight excluding hydrogens is 546 g/mol. The van der Waals surface area contributed by atoms with Crippen molar-refractivity contribution in [3.05, 3.63) is 51.4 Å². The van der Waals surface area contributed by atoms with Crippen LogP contribution >= 0.6 is 11.8 Å². The van der Waals surface area contributed by atoms with Gasteiger partial charge in [-0.15, -0.1) is 0 Å². The summed E-state index contributed by atoms with van der Waals surface area (Å²) in [5.41, 5.74) is -0.413. The molecule has 38 heavy (non-hydrogen) atoms. The van der Waals surface area contributed by atoms with E-state index in [0.29, 0.717) is 17.3 Å². The molecule has 0 bridgehead atoms. The Morgan fingerprint density at radius 2 is 1.79 bits per heavy atom. The Labute approximate surface area is 221 Å². The van der Waals surface area contributed by atoms with Crippen molar-refractivity contribution in [2.75, 3.05) is 12.9 Å². The number of carbonyl (C=O) groups is 4. The van der Waals surface area contributed by atoms with Crippen LogP contribution in [0.15, 0.2) is 35.7 Å². The van der Waals surface area contributed by atoms with Crippen LogP contribution < -0.4 is 5.32 Å². The number of benzene rings is 1. The van der Waals surface area contributed by atoms with E-state index < -0.39 is 61.0 Å². The van der Waals surface area contributed by atoms with Gasteiger partial charge in [0, 0.05) is 19.1 Å². The summed E-state index contributed by atoms with van der Waals surface area (Å²) < 4.78 is 38.8. The summed E-state index contributed by atoms with van der Waals surface area (Å²) in [7, 11) is -4.14. The van der Waals surface area contributed by atoms with Crippen LogP contribution in [0.1, 0.15) is 32.3 Å². The highest BCUT2D eigenvalue weighted by molar-refractivity contribution is 8.13. The Morgan fingerprint density at radius 3 is 2.32 bits per heavy atom. The predicted octanol–water partition coefficient (Wildman–Crippen LogP) is 1.80. The number of thioether (sulfide) groups is 1. The molecule has 1 aliphatic heterocycles. The first-order chi connectivity index (χ1) is 17.8. The number of carbonyl (C=O) groups excluding carboxylic acids is 4. The zero-order valence-electron chi connectivity index (χ0n) is 20.6. The highest BCUT2D eigenvalue weighted by atomic mass is 32.2. The molecule has 1 saturated carbocycles. The Morgan fingerprint density at radius 1 is 1.16 bits per heavy atom. The lowest BCUT2D eigenvalue weighted by Crippen LogP contribution is -2.69. The molecule has 16 heteroatoms. The van der Waals surface area contributed by atoms with Crippen LogP contribution in [-0.4, -0.2) is 65.6 Å². The first-order valence-corrected chi connectivity index (χ1v) is 13.9. The zero-order chi connectivity index (χ0) is 28.2. The number of rotatable bonds is 11. The summed E-state index contributed by atoms with van der Waals surface area (Å²) in [4.78, 5) is 61.2. The van der Waals surface area contributed by atoms with Crippen molar-refractivity contribution in [3.8, 4) is 0 Å². The van der Waals surface area contributed by atoms with Crippen LogP contribution in [0.3, 0.4) is 0 Å². The fraction of sp³-hybridized carbons (Fsp3) is 0.455. The van der Waals surface area contributed by atoms with Gasteiger partial charge in [-0.2, -0.15) is 8.42 Å². The molecule has 2 fully saturated rings. The second-order valence-corrected chi connectivity index (χ2v) is 11.2. The molecule has 2 amide bonds. The molecule has 3 rings (SSSR count). The first kappa shape index (κ1) is 28.9. The topological polar surface area (TPSA) is 189 Å². The molecule has 14 nitrogen and oxygen atoms in total. The van der Waals surface area contributed by atoms with Gasteiger partial charge in [-0.05, 0) is 55.1 Å². The molecule has 1 heterocycles. The molecule has 1 aliphatic carbocycles. The summed E-state index contributed by atoms with van der Waals surface area (Å²) in [5, 5.41) is 11.3. The maximum absolute atomic E-state index is 13.1. The van der Waals surface area contributed by atoms with E-state index in [1.807, 2.05) is 0 Å². The molecular formula is C22H25N3O11S2. The number of amides is 2. The van der Waals surface area contributed by atoms with E-state index in [4.69, 9.17) is 13.7 Å². The maximum Gasteiger partial charge on any atom is 0.369 e. The molecule has 2 aliphatic rings. The summed E-state index contributed by atoms with van der Waals surface area (Å²) in [6.45, 7) is 2.09.